The smallest absolute Gasteiger partial charge is 0.0443 e. The Bertz CT molecular complexity index is 359. The Kier molecular flexibility index (Phi) is 4.02. The number of thiophene rings is 1. The molecule has 1 saturated heterocycles. The third-order valence-corrected chi connectivity index (χ3v) is 5.34. The minimum Gasteiger partial charge on any atom is -0.309 e. The number of nitrogens with zero attached hydrogens (tertiary/aromatic N) is 1. The highest BCUT2D eigenvalue weighted by atomic mass is 32.1. The van der Waals surface area contributed by atoms with Crippen molar-refractivity contribution in [2.45, 2.75) is 32.2 Å². The summed E-state index contributed by atoms with van der Waals surface area (Å²) in [6.07, 6.45) is 4.21. The van der Waals surface area contributed by atoms with Crippen LogP contribution in [0.3, 0.4) is 0 Å². The van der Waals surface area contributed by atoms with Crippen molar-refractivity contribution < 1.29 is 0 Å². The Hall–Kier alpha value is -0.380. The third kappa shape index (κ3) is 2.95. The summed E-state index contributed by atoms with van der Waals surface area (Å²) in [6, 6.07) is 5.12. The van der Waals surface area contributed by atoms with Gasteiger partial charge in [0.05, 0.1) is 0 Å². The quantitative estimate of drug-likeness (QED) is 0.849. The average Bonchev–Trinajstić information content (AvgIpc) is 2.92. The molecule has 0 radical (unpaired) electrons. The molecular formula is C15H24N2S. The van der Waals surface area contributed by atoms with Gasteiger partial charge in [0.2, 0.25) is 0 Å². The molecule has 1 aromatic heterocycles. The molecule has 0 bridgehead atoms. The lowest BCUT2D eigenvalue weighted by Crippen LogP contribution is -2.30. The zero-order valence-electron chi connectivity index (χ0n) is 11.3. The van der Waals surface area contributed by atoms with Crippen LogP contribution in [-0.2, 0) is 0 Å². The molecule has 1 aliphatic carbocycles. The van der Waals surface area contributed by atoms with E-state index in [1.54, 1.807) is 4.88 Å². The number of likely N-dealkylation sites (tertiary alicyclic amines) is 1. The van der Waals surface area contributed by atoms with Crippen LogP contribution >= 0.6 is 11.3 Å². The van der Waals surface area contributed by atoms with E-state index in [4.69, 9.17) is 0 Å². The molecular weight excluding hydrogens is 240 g/mol. The molecule has 0 spiro atoms. The van der Waals surface area contributed by atoms with E-state index < -0.39 is 0 Å². The maximum atomic E-state index is 3.85. The van der Waals surface area contributed by atoms with E-state index in [0.717, 1.165) is 11.8 Å². The molecule has 2 nitrogen and oxygen atoms in total. The monoisotopic (exact) mass is 264 g/mol. The summed E-state index contributed by atoms with van der Waals surface area (Å²) in [4.78, 5) is 4.12. The Labute approximate surface area is 114 Å². The van der Waals surface area contributed by atoms with E-state index in [9.17, 15) is 0 Å². The van der Waals surface area contributed by atoms with Gasteiger partial charge in [0.1, 0.15) is 0 Å². The standard InChI is InChI=1S/C15H24N2S/c1-2-17-8-7-12(11-17)10-16-15(13-5-6-13)14-4-3-9-18-14/h3-4,9,12-13,15-16H,2,5-8,10-11H2,1H3. The van der Waals surface area contributed by atoms with Crippen LogP contribution in [0.1, 0.15) is 37.1 Å². The van der Waals surface area contributed by atoms with Crippen LogP contribution in [0.5, 0.6) is 0 Å². The fraction of sp³-hybridized carbons (Fsp3) is 0.733. The first-order valence-electron chi connectivity index (χ1n) is 7.36. The highest BCUT2D eigenvalue weighted by Crippen LogP contribution is 2.42. The van der Waals surface area contributed by atoms with Crippen LogP contribution < -0.4 is 5.32 Å². The van der Waals surface area contributed by atoms with Crippen LogP contribution in [0.25, 0.3) is 0 Å². The van der Waals surface area contributed by atoms with Gasteiger partial charge < -0.3 is 10.2 Å². The molecule has 1 aromatic rings. The van der Waals surface area contributed by atoms with Gasteiger partial charge in [-0.1, -0.05) is 13.0 Å². The summed E-state index contributed by atoms with van der Waals surface area (Å²) < 4.78 is 0. The molecule has 2 atom stereocenters. The Balaban J connectivity index is 1.51. The highest BCUT2D eigenvalue weighted by molar-refractivity contribution is 7.10. The van der Waals surface area contributed by atoms with Crippen LogP contribution in [-0.4, -0.2) is 31.1 Å². The van der Waals surface area contributed by atoms with Crippen molar-refractivity contribution in [3.8, 4) is 0 Å². The predicted octanol–water partition coefficient (Wildman–Crippen LogP) is 3.13. The Morgan fingerprint density at radius 3 is 2.94 bits per heavy atom. The second-order valence-corrected chi connectivity index (χ2v) is 6.77. The van der Waals surface area contributed by atoms with Gasteiger partial charge in [-0.05, 0) is 62.2 Å². The molecule has 1 saturated carbocycles. The minimum atomic E-state index is 0.640. The average molecular weight is 264 g/mol. The lowest BCUT2D eigenvalue weighted by atomic mass is 10.1. The predicted molar refractivity (Wildman–Crippen MR) is 78.0 cm³/mol. The van der Waals surface area contributed by atoms with E-state index in [0.29, 0.717) is 6.04 Å². The summed E-state index contributed by atoms with van der Waals surface area (Å²) in [5.41, 5.74) is 0. The minimum absolute atomic E-state index is 0.640. The Morgan fingerprint density at radius 1 is 1.44 bits per heavy atom. The van der Waals surface area contributed by atoms with Crippen LogP contribution in [0.15, 0.2) is 17.5 Å². The molecule has 3 rings (SSSR count). The summed E-state index contributed by atoms with van der Waals surface area (Å²) >= 11 is 1.91. The SMILES string of the molecule is CCN1CCC(CNC(c2cccs2)C2CC2)C1. The highest BCUT2D eigenvalue weighted by Gasteiger charge is 2.33. The van der Waals surface area contributed by atoms with E-state index in [1.165, 1.54) is 45.4 Å². The second kappa shape index (κ2) is 5.72. The largest absolute Gasteiger partial charge is 0.309 e. The number of rotatable bonds is 6. The lowest BCUT2D eigenvalue weighted by Gasteiger charge is -2.20. The number of hydrogen-bond donors (Lipinski definition) is 1. The molecule has 1 N–H and O–H groups in total. The summed E-state index contributed by atoms with van der Waals surface area (Å²) in [5.74, 6) is 1.78. The molecule has 2 unspecified atom stereocenters. The molecule has 2 fully saturated rings. The van der Waals surface area contributed by atoms with Crippen molar-refractivity contribution >= 4 is 11.3 Å². The van der Waals surface area contributed by atoms with Gasteiger partial charge in [-0.25, -0.2) is 0 Å². The molecule has 3 heteroatoms. The van der Waals surface area contributed by atoms with Crippen molar-refractivity contribution in [2.75, 3.05) is 26.2 Å². The summed E-state index contributed by atoms with van der Waals surface area (Å²) in [7, 11) is 0. The summed E-state index contributed by atoms with van der Waals surface area (Å²) in [6.45, 7) is 7.29. The maximum Gasteiger partial charge on any atom is 0.0443 e. The second-order valence-electron chi connectivity index (χ2n) is 5.79. The van der Waals surface area contributed by atoms with Gasteiger partial charge in [0.25, 0.3) is 0 Å². The van der Waals surface area contributed by atoms with Gasteiger partial charge >= 0.3 is 0 Å². The van der Waals surface area contributed by atoms with E-state index >= 15 is 0 Å². The zero-order valence-corrected chi connectivity index (χ0v) is 12.1. The van der Waals surface area contributed by atoms with Crippen molar-refractivity contribution in [3.63, 3.8) is 0 Å². The molecule has 100 valence electrons. The Morgan fingerprint density at radius 2 is 2.33 bits per heavy atom. The third-order valence-electron chi connectivity index (χ3n) is 4.39. The van der Waals surface area contributed by atoms with Crippen molar-refractivity contribution in [1.82, 2.24) is 10.2 Å². The first-order chi connectivity index (χ1) is 8.86. The van der Waals surface area contributed by atoms with Gasteiger partial charge in [-0.2, -0.15) is 0 Å². The molecule has 1 aliphatic heterocycles. The summed E-state index contributed by atoms with van der Waals surface area (Å²) in [5, 5.41) is 6.06. The van der Waals surface area contributed by atoms with E-state index in [1.807, 2.05) is 11.3 Å². The van der Waals surface area contributed by atoms with Gasteiger partial charge in [0.15, 0.2) is 0 Å². The van der Waals surface area contributed by atoms with Crippen LogP contribution in [0.2, 0.25) is 0 Å². The molecule has 0 aromatic carbocycles. The van der Waals surface area contributed by atoms with Gasteiger partial charge in [-0.15, -0.1) is 11.3 Å². The van der Waals surface area contributed by atoms with E-state index in [2.05, 4.69) is 34.7 Å². The van der Waals surface area contributed by atoms with Crippen molar-refractivity contribution in [2.24, 2.45) is 11.8 Å². The molecule has 2 heterocycles. The molecule has 18 heavy (non-hydrogen) atoms. The first-order valence-corrected chi connectivity index (χ1v) is 8.24. The van der Waals surface area contributed by atoms with E-state index in [-0.39, 0.29) is 0 Å². The van der Waals surface area contributed by atoms with Crippen molar-refractivity contribution in [3.05, 3.63) is 22.4 Å². The maximum absolute atomic E-state index is 3.85. The first kappa shape index (κ1) is 12.6. The van der Waals surface area contributed by atoms with Crippen molar-refractivity contribution in [1.29, 1.82) is 0 Å². The lowest BCUT2D eigenvalue weighted by molar-refractivity contribution is 0.333. The fourth-order valence-corrected chi connectivity index (χ4v) is 3.95. The van der Waals surface area contributed by atoms with Crippen LogP contribution in [0, 0.1) is 11.8 Å². The molecule has 2 aliphatic rings. The van der Waals surface area contributed by atoms with Crippen LogP contribution in [0.4, 0.5) is 0 Å². The van der Waals surface area contributed by atoms with Gasteiger partial charge in [0, 0.05) is 17.5 Å². The fourth-order valence-electron chi connectivity index (χ4n) is 3.06. The number of nitrogens with one attached hydrogen (secondary N) is 1. The number of hydrogen-bond acceptors (Lipinski definition) is 3. The normalized spacial score (nSPS) is 26.6. The molecule has 0 amide bonds. The van der Waals surface area contributed by atoms with Gasteiger partial charge in [-0.3, -0.25) is 0 Å². The topological polar surface area (TPSA) is 15.3 Å². The zero-order chi connectivity index (χ0) is 12.4.